The Labute approximate surface area is 113 Å². The molecule has 2 rings (SSSR count). The minimum atomic E-state index is -0.0448. The zero-order valence-corrected chi connectivity index (χ0v) is 11.9. The standard InChI is InChI=1S/C13H22N4O2/c1-4-19-13(18)11-5-7-17(8-6-11)9-12-15-14-10(2)16(12)3/h11H,4-9H2,1-3H3. The normalized spacial score (nSPS) is 17.6. The molecule has 1 aromatic rings. The molecule has 106 valence electrons. The highest BCUT2D eigenvalue weighted by Gasteiger charge is 2.26. The van der Waals surface area contributed by atoms with Crippen molar-refractivity contribution >= 4 is 5.97 Å². The molecule has 1 fully saturated rings. The van der Waals surface area contributed by atoms with Gasteiger partial charge in [-0.15, -0.1) is 10.2 Å². The van der Waals surface area contributed by atoms with Gasteiger partial charge in [0.15, 0.2) is 0 Å². The molecule has 2 heterocycles. The first-order valence-corrected chi connectivity index (χ1v) is 6.85. The van der Waals surface area contributed by atoms with Crippen LogP contribution in [0.25, 0.3) is 0 Å². The van der Waals surface area contributed by atoms with E-state index < -0.39 is 0 Å². The largest absolute Gasteiger partial charge is 0.466 e. The van der Waals surface area contributed by atoms with Crippen LogP contribution in [-0.2, 0) is 23.1 Å². The zero-order valence-electron chi connectivity index (χ0n) is 11.9. The van der Waals surface area contributed by atoms with Gasteiger partial charge in [0, 0.05) is 7.05 Å². The lowest BCUT2D eigenvalue weighted by Gasteiger charge is -2.30. The van der Waals surface area contributed by atoms with E-state index in [9.17, 15) is 4.79 Å². The van der Waals surface area contributed by atoms with Crippen LogP contribution in [0.1, 0.15) is 31.4 Å². The SMILES string of the molecule is CCOC(=O)C1CCN(Cc2nnc(C)n2C)CC1. The van der Waals surface area contributed by atoms with E-state index in [4.69, 9.17) is 4.74 Å². The summed E-state index contributed by atoms with van der Waals surface area (Å²) in [6.45, 7) is 6.89. The second kappa shape index (κ2) is 6.14. The molecule has 0 aliphatic carbocycles. The highest BCUT2D eigenvalue weighted by atomic mass is 16.5. The first kappa shape index (κ1) is 14.0. The number of piperidine rings is 1. The molecule has 0 unspecified atom stereocenters. The van der Waals surface area contributed by atoms with Crippen LogP contribution in [0.5, 0.6) is 0 Å². The smallest absolute Gasteiger partial charge is 0.309 e. The summed E-state index contributed by atoms with van der Waals surface area (Å²) in [6, 6.07) is 0. The molecule has 1 saturated heterocycles. The first-order valence-electron chi connectivity index (χ1n) is 6.85. The van der Waals surface area contributed by atoms with E-state index in [1.54, 1.807) is 0 Å². The lowest BCUT2D eigenvalue weighted by Crippen LogP contribution is -2.37. The summed E-state index contributed by atoms with van der Waals surface area (Å²) in [4.78, 5) is 14.0. The van der Waals surface area contributed by atoms with Crippen LogP contribution in [0.4, 0.5) is 0 Å². The molecule has 1 aliphatic rings. The molecule has 0 radical (unpaired) electrons. The molecular formula is C13H22N4O2. The second-order valence-corrected chi connectivity index (χ2v) is 5.02. The molecule has 1 aromatic heterocycles. The van der Waals surface area contributed by atoms with Gasteiger partial charge >= 0.3 is 5.97 Å². The van der Waals surface area contributed by atoms with Crippen LogP contribution < -0.4 is 0 Å². The predicted molar refractivity (Wildman–Crippen MR) is 70.4 cm³/mol. The molecule has 19 heavy (non-hydrogen) atoms. The Morgan fingerprint density at radius 3 is 2.58 bits per heavy atom. The van der Waals surface area contributed by atoms with E-state index in [1.165, 1.54) is 0 Å². The molecule has 0 spiro atoms. The van der Waals surface area contributed by atoms with Crippen LogP contribution in [-0.4, -0.2) is 45.3 Å². The minimum absolute atomic E-state index is 0.0448. The van der Waals surface area contributed by atoms with E-state index in [1.807, 2.05) is 25.5 Å². The third kappa shape index (κ3) is 3.32. The van der Waals surface area contributed by atoms with Gasteiger partial charge in [-0.2, -0.15) is 0 Å². The minimum Gasteiger partial charge on any atom is -0.466 e. The molecule has 0 saturated carbocycles. The van der Waals surface area contributed by atoms with Gasteiger partial charge in [-0.3, -0.25) is 9.69 Å². The summed E-state index contributed by atoms with van der Waals surface area (Å²) < 4.78 is 7.08. The molecule has 0 N–H and O–H groups in total. The van der Waals surface area contributed by atoms with Gasteiger partial charge in [0.25, 0.3) is 0 Å². The van der Waals surface area contributed by atoms with Crippen molar-refractivity contribution in [1.29, 1.82) is 0 Å². The Bertz CT molecular complexity index is 436. The second-order valence-electron chi connectivity index (χ2n) is 5.02. The number of carbonyl (C=O) groups excluding carboxylic acids is 1. The third-order valence-corrected chi connectivity index (χ3v) is 3.76. The lowest BCUT2D eigenvalue weighted by molar-refractivity contribution is -0.149. The van der Waals surface area contributed by atoms with Crippen molar-refractivity contribution in [1.82, 2.24) is 19.7 Å². The van der Waals surface area contributed by atoms with E-state index in [2.05, 4.69) is 15.1 Å². The number of hydrogen-bond donors (Lipinski definition) is 0. The van der Waals surface area contributed by atoms with Crippen molar-refractivity contribution in [2.75, 3.05) is 19.7 Å². The van der Waals surface area contributed by atoms with Crippen LogP contribution in [0.3, 0.4) is 0 Å². The summed E-state index contributed by atoms with van der Waals surface area (Å²) in [7, 11) is 1.98. The molecular weight excluding hydrogens is 244 g/mol. The van der Waals surface area contributed by atoms with Gasteiger partial charge in [0.05, 0.1) is 19.1 Å². The highest BCUT2D eigenvalue weighted by Crippen LogP contribution is 2.19. The number of likely N-dealkylation sites (tertiary alicyclic amines) is 1. The average molecular weight is 266 g/mol. The van der Waals surface area contributed by atoms with E-state index in [0.717, 1.165) is 44.1 Å². The molecule has 0 amide bonds. The maximum Gasteiger partial charge on any atom is 0.309 e. The number of aromatic nitrogens is 3. The Hall–Kier alpha value is -1.43. The van der Waals surface area contributed by atoms with Crippen molar-refractivity contribution in [2.24, 2.45) is 13.0 Å². The summed E-state index contributed by atoms with van der Waals surface area (Å²) in [5, 5.41) is 8.23. The van der Waals surface area contributed by atoms with E-state index >= 15 is 0 Å². The third-order valence-electron chi connectivity index (χ3n) is 3.76. The van der Waals surface area contributed by atoms with Gasteiger partial charge in [0.2, 0.25) is 0 Å². The number of aryl methyl sites for hydroxylation is 1. The molecule has 1 aliphatic heterocycles. The zero-order chi connectivity index (χ0) is 13.8. The quantitative estimate of drug-likeness (QED) is 0.758. The lowest BCUT2D eigenvalue weighted by atomic mass is 9.97. The number of nitrogens with zero attached hydrogens (tertiary/aromatic N) is 4. The fourth-order valence-corrected chi connectivity index (χ4v) is 2.38. The van der Waals surface area contributed by atoms with Crippen LogP contribution >= 0.6 is 0 Å². The molecule has 0 aromatic carbocycles. The topological polar surface area (TPSA) is 60.2 Å². The summed E-state index contributed by atoms with van der Waals surface area (Å²) >= 11 is 0. The van der Waals surface area contributed by atoms with Gasteiger partial charge in [-0.1, -0.05) is 0 Å². The first-order chi connectivity index (χ1) is 9.11. The fraction of sp³-hybridized carbons (Fsp3) is 0.769. The van der Waals surface area contributed by atoms with Gasteiger partial charge in [-0.25, -0.2) is 0 Å². The summed E-state index contributed by atoms with van der Waals surface area (Å²) in [6.07, 6.45) is 1.74. The van der Waals surface area contributed by atoms with E-state index in [0.29, 0.717) is 6.61 Å². The summed E-state index contributed by atoms with van der Waals surface area (Å²) in [5.41, 5.74) is 0. The molecule has 6 nitrogen and oxygen atoms in total. The number of rotatable bonds is 4. The number of ether oxygens (including phenoxy) is 1. The van der Waals surface area contributed by atoms with Crippen LogP contribution in [0.15, 0.2) is 0 Å². The van der Waals surface area contributed by atoms with Crippen molar-refractivity contribution < 1.29 is 9.53 Å². The Morgan fingerprint density at radius 2 is 2.05 bits per heavy atom. The fourth-order valence-electron chi connectivity index (χ4n) is 2.38. The van der Waals surface area contributed by atoms with Gasteiger partial charge < -0.3 is 9.30 Å². The van der Waals surface area contributed by atoms with Crippen LogP contribution in [0, 0.1) is 12.8 Å². The number of esters is 1. The summed E-state index contributed by atoms with van der Waals surface area (Å²) in [5.74, 6) is 1.93. The molecule has 0 atom stereocenters. The van der Waals surface area contributed by atoms with Gasteiger partial charge in [-0.05, 0) is 39.8 Å². The number of hydrogen-bond acceptors (Lipinski definition) is 5. The monoisotopic (exact) mass is 266 g/mol. The Kier molecular flexibility index (Phi) is 4.52. The maximum atomic E-state index is 11.7. The van der Waals surface area contributed by atoms with Crippen molar-refractivity contribution in [2.45, 2.75) is 33.2 Å². The average Bonchev–Trinajstić information content (AvgIpc) is 2.72. The van der Waals surface area contributed by atoms with Crippen molar-refractivity contribution in [3.63, 3.8) is 0 Å². The van der Waals surface area contributed by atoms with Crippen molar-refractivity contribution in [3.8, 4) is 0 Å². The predicted octanol–water partition coefficient (Wildman–Crippen LogP) is 0.899. The number of carbonyl (C=O) groups is 1. The molecule has 0 bridgehead atoms. The van der Waals surface area contributed by atoms with Gasteiger partial charge in [0.1, 0.15) is 11.6 Å². The highest BCUT2D eigenvalue weighted by molar-refractivity contribution is 5.72. The van der Waals surface area contributed by atoms with Crippen molar-refractivity contribution in [3.05, 3.63) is 11.6 Å². The Balaban J connectivity index is 1.83. The van der Waals surface area contributed by atoms with Crippen LogP contribution in [0.2, 0.25) is 0 Å². The Morgan fingerprint density at radius 1 is 1.37 bits per heavy atom. The maximum absolute atomic E-state index is 11.7. The molecule has 6 heteroatoms. The van der Waals surface area contributed by atoms with E-state index in [-0.39, 0.29) is 11.9 Å².